The van der Waals surface area contributed by atoms with Crippen LogP contribution in [0.15, 0.2) is 65.2 Å². The first kappa shape index (κ1) is 22.7. The second kappa shape index (κ2) is 8.94. The van der Waals surface area contributed by atoms with Crippen LogP contribution in [0.1, 0.15) is 21.9 Å². The zero-order valence-corrected chi connectivity index (χ0v) is 18.8. The van der Waals surface area contributed by atoms with E-state index in [9.17, 15) is 18.0 Å². The Morgan fingerprint density at radius 3 is 2.40 bits per heavy atom. The minimum absolute atomic E-state index is 0.230. The van der Waals surface area contributed by atoms with Crippen LogP contribution in [0.25, 0.3) is 22.6 Å². The minimum Gasteiger partial charge on any atom is -0.441 e. The number of benzene rings is 2. The van der Waals surface area contributed by atoms with Gasteiger partial charge in [-0.25, -0.2) is 4.98 Å². The molecular formula is C25H22F3N5O2. The van der Waals surface area contributed by atoms with Gasteiger partial charge in [-0.05, 0) is 42.5 Å². The molecule has 180 valence electrons. The molecule has 0 radical (unpaired) electrons. The molecule has 0 atom stereocenters. The number of aromatic nitrogens is 3. The van der Waals surface area contributed by atoms with Gasteiger partial charge in [0.15, 0.2) is 11.7 Å². The molecular weight excluding hydrogens is 459 g/mol. The smallest absolute Gasteiger partial charge is 0.416 e. The number of halogens is 3. The summed E-state index contributed by atoms with van der Waals surface area (Å²) in [5.41, 5.74) is 2.07. The van der Waals surface area contributed by atoms with Gasteiger partial charge >= 0.3 is 6.18 Å². The molecule has 1 saturated heterocycles. The summed E-state index contributed by atoms with van der Waals surface area (Å²) in [6, 6.07) is 14.4. The lowest BCUT2D eigenvalue weighted by molar-refractivity contribution is -0.137. The van der Waals surface area contributed by atoms with Gasteiger partial charge in [0.2, 0.25) is 0 Å². The summed E-state index contributed by atoms with van der Waals surface area (Å²) in [5, 5.41) is 6.74. The highest BCUT2D eigenvalue weighted by Gasteiger charge is 2.31. The summed E-state index contributed by atoms with van der Waals surface area (Å²) in [6.45, 7) is 4.13. The number of alkyl halides is 3. The Labute approximate surface area is 199 Å². The van der Waals surface area contributed by atoms with Crippen LogP contribution in [0.4, 0.5) is 18.9 Å². The van der Waals surface area contributed by atoms with Crippen LogP contribution in [-0.4, -0.2) is 52.2 Å². The van der Waals surface area contributed by atoms with Crippen LogP contribution in [0, 0.1) is 6.92 Å². The van der Waals surface area contributed by atoms with Crippen molar-refractivity contribution in [3.05, 3.63) is 77.9 Å². The number of hydrogen-bond acceptors (Lipinski definition) is 5. The van der Waals surface area contributed by atoms with Gasteiger partial charge < -0.3 is 14.2 Å². The quantitative estimate of drug-likeness (QED) is 0.443. The number of aryl methyl sites for hydroxylation is 1. The zero-order valence-electron chi connectivity index (χ0n) is 18.8. The van der Waals surface area contributed by atoms with Gasteiger partial charge in [0, 0.05) is 49.9 Å². The molecule has 35 heavy (non-hydrogen) atoms. The first-order chi connectivity index (χ1) is 16.8. The number of carbonyl (C=O) groups is 1. The number of hydrogen-bond donors (Lipinski definition) is 1. The predicted molar refractivity (Wildman–Crippen MR) is 124 cm³/mol. The van der Waals surface area contributed by atoms with Crippen molar-refractivity contribution in [2.75, 3.05) is 31.1 Å². The van der Waals surface area contributed by atoms with E-state index in [4.69, 9.17) is 4.42 Å². The van der Waals surface area contributed by atoms with E-state index >= 15 is 0 Å². The first-order valence-corrected chi connectivity index (χ1v) is 11.1. The van der Waals surface area contributed by atoms with Gasteiger partial charge in [-0.1, -0.05) is 12.1 Å². The normalized spacial score (nSPS) is 14.4. The molecule has 1 aliphatic rings. The van der Waals surface area contributed by atoms with E-state index in [1.165, 1.54) is 18.2 Å². The van der Waals surface area contributed by atoms with Gasteiger partial charge in [0.05, 0.1) is 17.5 Å². The van der Waals surface area contributed by atoms with E-state index in [0.717, 1.165) is 23.4 Å². The lowest BCUT2D eigenvalue weighted by atomic mass is 10.1. The third kappa shape index (κ3) is 4.77. The van der Waals surface area contributed by atoms with Crippen LogP contribution in [0.5, 0.6) is 0 Å². The molecule has 10 heteroatoms. The molecule has 0 saturated carbocycles. The Morgan fingerprint density at radius 1 is 1.00 bits per heavy atom. The van der Waals surface area contributed by atoms with Crippen LogP contribution in [0.3, 0.4) is 0 Å². The molecule has 2 aromatic heterocycles. The van der Waals surface area contributed by atoms with Crippen molar-refractivity contribution in [2.24, 2.45) is 0 Å². The molecule has 4 aromatic rings. The van der Waals surface area contributed by atoms with E-state index in [-0.39, 0.29) is 11.6 Å². The average Bonchev–Trinajstić information content (AvgIpc) is 3.53. The molecule has 7 nitrogen and oxygen atoms in total. The molecule has 1 amide bonds. The molecule has 2 aromatic carbocycles. The maximum absolute atomic E-state index is 13.0. The molecule has 0 unspecified atom stereocenters. The van der Waals surface area contributed by atoms with E-state index < -0.39 is 11.7 Å². The maximum Gasteiger partial charge on any atom is 0.416 e. The van der Waals surface area contributed by atoms with Crippen LogP contribution in [-0.2, 0) is 6.18 Å². The van der Waals surface area contributed by atoms with Gasteiger partial charge in [-0.2, -0.15) is 18.3 Å². The van der Waals surface area contributed by atoms with E-state index in [1.807, 2.05) is 24.3 Å². The zero-order chi connectivity index (χ0) is 24.6. The Morgan fingerprint density at radius 2 is 1.74 bits per heavy atom. The molecule has 0 bridgehead atoms. The minimum atomic E-state index is -4.44. The van der Waals surface area contributed by atoms with E-state index in [1.54, 1.807) is 18.0 Å². The molecule has 1 aliphatic heterocycles. The average molecular weight is 481 g/mol. The predicted octanol–water partition coefficient (Wildman–Crippen LogP) is 5.02. The highest BCUT2D eigenvalue weighted by Crippen LogP contribution is 2.32. The fraction of sp³-hybridized carbons (Fsp3) is 0.240. The Bertz CT molecular complexity index is 1340. The highest BCUT2D eigenvalue weighted by molar-refractivity contribution is 5.93. The summed E-state index contributed by atoms with van der Waals surface area (Å²) in [4.78, 5) is 21.0. The van der Waals surface area contributed by atoms with E-state index in [2.05, 4.69) is 20.1 Å². The molecule has 5 rings (SSSR count). The number of aromatic amines is 1. The maximum atomic E-state index is 13.0. The van der Waals surface area contributed by atoms with Crippen molar-refractivity contribution in [1.29, 1.82) is 0 Å². The van der Waals surface area contributed by atoms with Gasteiger partial charge in [-0.3, -0.25) is 9.89 Å². The third-order valence-electron chi connectivity index (χ3n) is 6.00. The lowest BCUT2D eigenvalue weighted by Gasteiger charge is -2.36. The number of amides is 1. The summed E-state index contributed by atoms with van der Waals surface area (Å²) >= 11 is 0. The van der Waals surface area contributed by atoms with Crippen molar-refractivity contribution >= 4 is 11.6 Å². The second-order valence-corrected chi connectivity index (χ2v) is 8.32. The monoisotopic (exact) mass is 481 g/mol. The standard InChI is InChI=1S/C25H22F3N5O2/c1-16-29-15-23(35-16)17-5-7-20(8-6-17)32-9-11-33(12-10-32)24(34)22-14-21(30-31-22)18-3-2-4-19(13-18)25(26,27)28/h2-8,13-15H,9-12H2,1H3,(H,30,31). The molecule has 0 aliphatic carbocycles. The molecule has 1 fully saturated rings. The Balaban J connectivity index is 1.22. The number of carbonyl (C=O) groups excluding carboxylic acids is 1. The largest absolute Gasteiger partial charge is 0.441 e. The van der Waals surface area contributed by atoms with Crippen molar-refractivity contribution in [1.82, 2.24) is 20.1 Å². The Hall–Kier alpha value is -4.08. The summed E-state index contributed by atoms with van der Waals surface area (Å²) in [6.07, 6.45) is -2.75. The molecule has 1 N–H and O–H groups in total. The number of rotatable bonds is 4. The summed E-state index contributed by atoms with van der Waals surface area (Å²) < 4.78 is 44.6. The first-order valence-electron chi connectivity index (χ1n) is 11.1. The second-order valence-electron chi connectivity index (χ2n) is 8.32. The van der Waals surface area contributed by atoms with Gasteiger partial charge in [0.25, 0.3) is 5.91 Å². The third-order valence-corrected chi connectivity index (χ3v) is 6.00. The fourth-order valence-electron chi connectivity index (χ4n) is 4.10. The Kier molecular flexibility index (Phi) is 5.80. The van der Waals surface area contributed by atoms with Crippen molar-refractivity contribution in [2.45, 2.75) is 13.1 Å². The number of H-pyrrole nitrogens is 1. The summed E-state index contributed by atoms with van der Waals surface area (Å²) in [5.74, 6) is 1.10. The number of nitrogens with zero attached hydrogens (tertiary/aromatic N) is 4. The van der Waals surface area contributed by atoms with Gasteiger partial charge in [-0.15, -0.1) is 0 Å². The van der Waals surface area contributed by atoms with Crippen LogP contribution >= 0.6 is 0 Å². The van der Waals surface area contributed by atoms with Crippen LogP contribution in [0.2, 0.25) is 0 Å². The van der Waals surface area contributed by atoms with Crippen LogP contribution < -0.4 is 4.90 Å². The summed E-state index contributed by atoms with van der Waals surface area (Å²) in [7, 11) is 0. The van der Waals surface area contributed by atoms with Crippen molar-refractivity contribution in [3.63, 3.8) is 0 Å². The number of nitrogens with one attached hydrogen (secondary N) is 1. The number of anilines is 1. The van der Waals surface area contributed by atoms with E-state index in [0.29, 0.717) is 49.1 Å². The number of piperazine rings is 1. The SMILES string of the molecule is Cc1ncc(-c2ccc(N3CCN(C(=O)c4cc(-c5cccc(C(F)(F)F)c5)n[nH]4)CC3)cc2)o1. The molecule has 0 spiro atoms. The van der Waals surface area contributed by atoms with Crippen molar-refractivity contribution in [3.8, 4) is 22.6 Å². The topological polar surface area (TPSA) is 78.3 Å². The number of oxazole rings is 1. The lowest BCUT2D eigenvalue weighted by Crippen LogP contribution is -2.48. The van der Waals surface area contributed by atoms with Crippen molar-refractivity contribution < 1.29 is 22.4 Å². The molecule has 3 heterocycles. The fourth-order valence-corrected chi connectivity index (χ4v) is 4.10. The highest BCUT2D eigenvalue weighted by atomic mass is 19.4. The van der Waals surface area contributed by atoms with Gasteiger partial charge in [0.1, 0.15) is 5.69 Å².